The van der Waals surface area contributed by atoms with E-state index in [2.05, 4.69) is 0 Å². The Morgan fingerprint density at radius 2 is 1.20 bits per heavy atom. The number of rotatable bonds is 0. The van der Waals surface area contributed by atoms with E-state index in [-0.39, 0.29) is 0 Å². The first-order chi connectivity index (χ1) is 2.00. The molecule has 0 saturated heterocycles. The fourth-order valence-electron chi connectivity index (χ4n) is 0. The van der Waals surface area contributed by atoms with Crippen LogP contribution >= 0.6 is 34.8 Å². The van der Waals surface area contributed by atoms with Crippen LogP contribution in [0.2, 0.25) is 0 Å². The van der Waals surface area contributed by atoms with E-state index in [1.54, 1.807) is 0 Å². The van der Waals surface area contributed by atoms with Crippen molar-refractivity contribution in [3.8, 4) is 0 Å². The summed E-state index contributed by atoms with van der Waals surface area (Å²) < 4.78 is -0.953. The van der Waals surface area contributed by atoms with Crippen LogP contribution in [0, 0.1) is 0 Å². The summed E-state index contributed by atoms with van der Waals surface area (Å²) in [6.07, 6.45) is 0. The van der Waals surface area contributed by atoms with Crippen molar-refractivity contribution in [2.45, 2.75) is 1.55 Å². The summed E-state index contributed by atoms with van der Waals surface area (Å²) in [6, 6.07) is 0. The molecule has 0 heterocycles. The molecular formula is CCl3In. The second-order valence-electron chi connectivity index (χ2n) is 0.542. The van der Waals surface area contributed by atoms with Gasteiger partial charge in [-0.1, -0.05) is 0 Å². The molecule has 0 aromatic heterocycles. The molecule has 0 atom stereocenters. The van der Waals surface area contributed by atoms with E-state index in [1.807, 2.05) is 0 Å². The summed E-state index contributed by atoms with van der Waals surface area (Å²) >= 11 is 16.0. The van der Waals surface area contributed by atoms with Crippen molar-refractivity contribution in [3.05, 3.63) is 0 Å². The molecule has 0 nitrogen and oxygen atoms in total. The Hall–Kier alpha value is 1.74. The third kappa shape index (κ3) is 26.5. The minimum absolute atomic E-state index is 0.660. The molecule has 0 aliphatic heterocycles. The minimum atomic E-state index is -0.953. The van der Waals surface area contributed by atoms with Crippen LogP contribution in [0.25, 0.3) is 0 Å². The molecule has 0 rings (SSSR count). The van der Waals surface area contributed by atoms with E-state index in [9.17, 15) is 0 Å². The summed E-state index contributed by atoms with van der Waals surface area (Å²) in [5, 5.41) is 0. The van der Waals surface area contributed by atoms with Gasteiger partial charge in [0.1, 0.15) is 0 Å². The van der Waals surface area contributed by atoms with Crippen molar-refractivity contribution in [2.75, 3.05) is 0 Å². The third-order valence-corrected chi connectivity index (χ3v) is 0. The molecule has 5 heavy (non-hydrogen) atoms. The zero-order valence-electron chi connectivity index (χ0n) is 2.21. The molecule has 0 fully saturated rings. The average Bonchev–Trinajstić information content (AvgIpc) is 0.722. The van der Waals surface area contributed by atoms with Crippen LogP contribution in [0.1, 0.15) is 0 Å². The van der Waals surface area contributed by atoms with Gasteiger partial charge < -0.3 is 0 Å². The summed E-state index contributed by atoms with van der Waals surface area (Å²) in [5.41, 5.74) is 0. The first-order valence-corrected chi connectivity index (χ1v) is 3.64. The van der Waals surface area contributed by atoms with Gasteiger partial charge in [-0.25, -0.2) is 0 Å². The molecular weight excluding hydrogens is 233 g/mol. The van der Waals surface area contributed by atoms with Gasteiger partial charge in [0.15, 0.2) is 0 Å². The van der Waals surface area contributed by atoms with Gasteiger partial charge in [-0.05, 0) is 0 Å². The van der Waals surface area contributed by atoms with E-state index in [0.717, 1.165) is 0 Å². The summed E-state index contributed by atoms with van der Waals surface area (Å²) in [4.78, 5) is 0. The molecule has 28 valence electrons. The second kappa shape index (κ2) is 2.15. The summed E-state index contributed by atoms with van der Waals surface area (Å²) in [7, 11) is 0. The van der Waals surface area contributed by atoms with E-state index in [4.69, 9.17) is 34.8 Å². The Bertz CT molecular complexity index is 22.4. The van der Waals surface area contributed by atoms with Crippen LogP contribution in [-0.2, 0) is 0 Å². The van der Waals surface area contributed by atoms with Gasteiger partial charge in [-0.3, -0.25) is 0 Å². The SMILES string of the molecule is Cl[C](Cl)(Cl)[In]. The third-order valence-electron chi connectivity index (χ3n) is 0. The summed E-state index contributed by atoms with van der Waals surface area (Å²) in [6.45, 7) is 0. The maximum atomic E-state index is 5.12. The molecule has 0 spiro atoms. The molecule has 0 aromatic carbocycles. The van der Waals surface area contributed by atoms with Gasteiger partial charge in [0.25, 0.3) is 0 Å². The van der Waals surface area contributed by atoms with Crippen LogP contribution in [0.5, 0.6) is 0 Å². The molecule has 2 radical (unpaired) electrons. The molecule has 0 aromatic rings. The normalized spacial score (nSPS) is 11.8. The van der Waals surface area contributed by atoms with Crippen LogP contribution < -0.4 is 0 Å². The molecule has 0 amide bonds. The van der Waals surface area contributed by atoms with Gasteiger partial charge in [0.2, 0.25) is 0 Å². The van der Waals surface area contributed by atoms with Crippen molar-refractivity contribution in [2.24, 2.45) is 0 Å². The van der Waals surface area contributed by atoms with Crippen LogP contribution in [0.15, 0.2) is 0 Å². The standard InChI is InChI=1S/CCl3.In/c2-1(3)4;. The topological polar surface area (TPSA) is 0 Å². The Morgan fingerprint density at radius 3 is 1.20 bits per heavy atom. The van der Waals surface area contributed by atoms with Crippen LogP contribution in [-0.4, -0.2) is 25.9 Å². The predicted molar refractivity (Wildman–Crippen MR) is 26.0 cm³/mol. The molecule has 0 aliphatic carbocycles. The number of hydrogen-bond acceptors (Lipinski definition) is 0. The van der Waals surface area contributed by atoms with E-state index < -0.39 is 1.55 Å². The van der Waals surface area contributed by atoms with Crippen LogP contribution in [0.3, 0.4) is 0 Å². The Kier molecular flexibility index (Phi) is 2.90. The first kappa shape index (κ1) is 6.74. The van der Waals surface area contributed by atoms with Gasteiger partial charge >= 0.3 is 60.7 Å². The van der Waals surface area contributed by atoms with Crippen molar-refractivity contribution < 1.29 is 0 Å². The fraction of sp³-hybridized carbons (Fsp3) is 1.00. The molecule has 4 heteroatoms. The van der Waals surface area contributed by atoms with Crippen LogP contribution in [0.4, 0.5) is 0 Å². The molecule has 0 N–H and O–H groups in total. The summed E-state index contributed by atoms with van der Waals surface area (Å²) in [5.74, 6) is 0. The monoisotopic (exact) mass is 232 g/mol. The predicted octanol–water partition coefficient (Wildman–Crippen LogP) is 1.48. The van der Waals surface area contributed by atoms with Crippen molar-refractivity contribution in [1.29, 1.82) is 0 Å². The zero-order valence-corrected chi connectivity index (χ0v) is 7.77. The van der Waals surface area contributed by atoms with Crippen molar-refractivity contribution in [3.63, 3.8) is 0 Å². The molecule has 0 saturated carbocycles. The molecule has 0 aliphatic rings. The number of halogens is 3. The average molecular weight is 233 g/mol. The van der Waals surface area contributed by atoms with Gasteiger partial charge in [0, 0.05) is 0 Å². The molecule has 0 bridgehead atoms. The Labute approximate surface area is 60.3 Å². The van der Waals surface area contributed by atoms with E-state index in [0.29, 0.717) is 24.4 Å². The van der Waals surface area contributed by atoms with E-state index >= 15 is 0 Å². The molecule has 0 unspecified atom stereocenters. The Morgan fingerprint density at radius 1 is 1.20 bits per heavy atom. The van der Waals surface area contributed by atoms with Crippen molar-refractivity contribution in [1.82, 2.24) is 0 Å². The quantitative estimate of drug-likeness (QED) is 0.556. The second-order valence-corrected chi connectivity index (χ2v) is 8.52. The first-order valence-electron chi connectivity index (χ1n) is 0.856. The number of hydrogen-bond donors (Lipinski definition) is 0. The zero-order chi connectivity index (χ0) is 4.50. The maximum absolute atomic E-state index is 5.12. The fourth-order valence-corrected chi connectivity index (χ4v) is 0. The van der Waals surface area contributed by atoms with Crippen molar-refractivity contribution >= 4 is 59.2 Å². The Balaban J connectivity index is 3.02. The van der Waals surface area contributed by atoms with E-state index in [1.165, 1.54) is 0 Å². The van der Waals surface area contributed by atoms with Gasteiger partial charge in [-0.15, -0.1) is 0 Å². The van der Waals surface area contributed by atoms with Gasteiger partial charge in [0.05, 0.1) is 0 Å². The number of alkyl halides is 3. The van der Waals surface area contributed by atoms with Gasteiger partial charge in [-0.2, -0.15) is 0 Å².